The molecular weight excluding hydrogens is 120 g/mol. The molecule has 2 atom stereocenters. The quantitative estimate of drug-likeness (QED) is 0.524. The summed E-state index contributed by atoms with van der Waals surface area (Å²) < 4.78 is 0. The predicted octanol–water partition coefficient (Wildman–Crippen LogP) is 3.39. The van der Waals surface area contributed by atoms with Crippen LogP contribution in [0, 0.1) is 11.8 Å². The first-order valence-electron chi connectivity index (χ1n) is 4.45. The molecule has 0 aromatic rings. The van der Waals surface area contributed by atoms with Crippen molar-refractivity contribution in [2.24, 2.45) is 11.8 Å². The fraction of sp³-hybridized carbons (Fsp3) is 0.800. The van der Waals surface area contributed by atoms with E-state index in [-0.39, 0.29) is 0 Å². The zero-order valence-electron chi connectivity index (χ0n) is 6.97. The molecule has 0 N–H and O–H groups in total. The van der Waals surface area contributed by atoms with Gasteiger partial charge in [0.05, 0.1) is 0 Å². The van der Waals surface area contributed by atoms with Crippen molar-refractivity contribution in [1.82, 2.24) is 0 Å². The second-order valence-corrected chi connectivity index (χ2v) is 3.53. The first kappa shape index (κ1) is 7.84. The molecule has 1 aliphatic carbocycles. The Balaban J connectivity index is 2.19. The second kappa shape index (κ2) is 3.80. The second-order valence-electron chi connectivity index (χ2n) is 3.53. The molecule has 0 amide bonds. The Labute approximate surface area is 64.3 Å². The van der Waals surface area contributed by atoms with Gasteiger partial charge < -0.3 is 0 Å². The third-order valence-corrected chi connectivity index (χ3v) is 2.78. The Kier molecular flexibility index (Phi) is 2.98. The molecule has 0 nitrogen and oxygen atoms in total. The first-order valence-corrected chi connectivity index (χ1v) is 4.45. The summed E-state index contributed by atoms with van der Waals surface area (Å²) in [7, 11) is 0. The molecule has 0 aliphatic heterocycles. The minimum Gasteiger partial charge on any atom is -0.103 e. The maximum atomic E-state index is 3.75. The summed E-state index contributed by atoms with van der Waals surface area (Å²) in [6.07, 6.45) is 9.03. The molecule has 0 bridgehead atoms. The van der Waals surface area contributed by atoms with E-state index in [0.29, 0.717) is 0 Å². The van der Waals surface area contributed by atoms with Crippen molar-refractivity contribution >= 4 is 0 Å². The van der Waals surface area contributed by atoms with Crippen LogP contribution in [0.4, 0.5) is 0 Å². The topological polar surface area (TPSA) is 0 Å². The number of allylic oxidation sites excluding steroid dienone is 1. The third kappa shape index (κ3) is 1.86. The van der Waals surface area contributed by atoms with E-state index in [0.717, 1.165) is 11.8 Å². The Morgan fingerprint density at radius 1 is 1.50 bits per heavy atom. The maximum Gasteiger partial charge on any atom is -0.0351 e. The van der Waals surface area contributed by atoms with Crippen LogP contribution in [0.15, 0.2) is 12.7 Å². The Morgan fingerprint density at radius 3 is 2.80 bits per heavy atom. The van der Waals surface area contributed by atoms with Crippen molar-refractivity contribution in [3.05, 3.63) is 12.7 Å². The number of hydrogen-bond donors (Lipinski definition) is 0. The molecule has 0 radical (unpaired) electrons. The van der Waals surface area contributed by atoms with Crippen LogP contribution >= 0.6 is 0 Å². The van der Waals surface area contributed by atoms with Gasteiger partial charge in [-0.3, -0.25) is 0 Å². The fourth-order valence-electron chi connectivity index (χ4n) is 1.98. The molecule has 1 rings (SSSR count). The van der Waals surface area contributed by atoms with Crippen molar-refractivity contribution in [3.63, 3.8) is 0 Å². The minimum absolute atomic E-state index is 0.986. The molecule has 0 saturated heterocycles. The van der Waals surface area contributed by atoms with Crippen molar-refractivity contribution < 1.29 is 0 Å². The summed E-state index contributed by atoms with van der Waals surface area (Å²) in [5, 5.41) is 0. The van der Waals surface area contributed by atoms with Gasteiger partial charge in [-0.2, -0.15) is 0 Å². The van der Waals surface area contributed by atoms with Gasteiger partial charge in [-0.05, 0) is 24.7 Å². The standard InChI is InChI=1S/C10H18/c1-3-4-7-10-8-5-6-9(10)2/h3,9-10H,1,4-8H2,2H3. The van der Waals surface area contributed by atoms with Gasteiger partial charge in [0.25, 0.3) is 0 Å². The Hall–Kier alpha value is -0.260. The predicted molar refractivity (Wildman–Crippen MR) is 45.9 cm³/mol. The van der Waals surface area contributed by atoms with Crippen LogP contribution in [0.5, 0.6) is 0 Å². The number of rotatable bonds is 3. The lowest BCUT2D eigenvalue weighted by atomic mass is 9.93. The van der Waals surface area contributed by atoms with Gasteiger partial charge >= 0.3 is 0 Å². The molecule has 0 spiro atoms. The summed E-state index contributed by atoms with van der Waals surface area (Å²) in [5.74, 6) is 2.00. The Bertz CT molecular complexity index is 105. The molecular formula is C10H18. The average Bonchev–Trinajstić information content (AvgIpc) is 2.31. The molecule has 0 heterocycles. The SMILES string of the molecule is C=CCCC1CCCC1C. The van der Waals surface area contributed by atoms with E-state index in [1.165, 1.54) is 32.1 Å². The number of hydrogen-bond acceptors (Lipinski definition) is 0. The highest BCUT2D eigenvalue weighted by Gasteiger charge is 2.21. The summed E-state index contributed by atoms with van der Waals surface area (Å²) in [6, 6.07) is 0. The zero-order valence-corrected chi connectivity index (χ0v) is 6.97. The summed E-state index contributed by atoms with van der Waals surface area (Å²) in [5.41, 5.74) is 0. The summed E-state index contributed by atoms with van der Waals surface area (Å²) in [4.78, 5) is 0. The fourth-order valence-corrected chi connectivity index (χ4v) is 1.98. The van der Waals surface area contributed by atoms with Crippen LogP contribution in [0.2, 0.25) is 0 Å². The highest BCUT2D eigenvalue weighted by Crippen LogP contribution is 2.34. The lowest BCUT2D eigenvalue weighted by molar-refractivity contribution is 0.395. The van der Waals surface area contributed by atoms with E-state index in [2.05, 4.69) is 13.5 Å². The van der Waals surface area contributed by atoms with E-state index in [4.69, 9.17) is 0 Å². The van der Waals surface area contributed by atoms with Crippen LogP contribution in [0.3, 0.4) is 0 Å². The van der Waals surface area contributed by atoms with E-state index in [1.54, 1.807) is 0 Å². The van der Waals surface area contributed by atoms with Gasteiger partial charge in [-0.15, -0.1) is 6.58 Å². The van der Waals surface area contributed by atoms with Crippen molar-refractivity contribution in [3.8, 4) is 0 Å². The molecule has 58 valence electrons. The minimum atomic E-state index is 0.986. The van der Waals surface area contributed by atoms with Crippen LogP contribution in [-0.2, 0) is 0 Å². The van der Waals surface area contributed by atoms with E-state index in [1.807, 2.05) is 6.08 Å². The third-order valence-electron chi connectivity index (χ3n) is 2.78. The van der Waals surface area contributed by atoms with Gasteiger partial charge in [0, 0.05) is 0 Å². The smallest absolute Gasteiger partial charge is 0.0351 e. The highest BCUT2D eigenvalue weighted by atomic mass is 14.3. The largest absolute Gasteiger partial charge is 0.103 e. The van der Waals surface area contributed by atoms with Crippen molar-refractivity contribution in [2.75, 3.05) is 0 Å². The Morgan fingerprint density at radius 2 is 2.30 bits per heavy atom. The van der Waals surface area contributed by atoms with E-state index >= 15 is 0 Å². The van der Waals surface area contributed by atoms with Crippen molar-refractivity contribution in [2.45, 2.75) is 39.0 Å². The summed E-state index contributed by atoms with van der Waals surface area (Å²) in [6.45, 7) is 6.14. The van der Waals surface area contributed by atoms with Crippen molar-refractivity contribution in [1.29, 1.82) is 0 Å². The molecule has 0 aromatic carbocycles. The monoisotopic (exact) mass is 138 g/mol. The molecule has 0 aromatic heterocycles. The zero-order chi connectivity index (χ0) is 7.40. The summed E-state index contributed by atoms with van der Waals surface area (Å²) >= 11 is 0. The lowest BCUT2D eigenvalue weighted by Gasteiger charge is -2.12. The molecule has 1 aliphatic rings. The van der Waals surface area contributed by atoms with Gasteiger partial charge in [-0.25, -0.2) is 0 Å². The van der Waals surface area contributed by atoms with Crippen LogP contribution in [-0.4, -0.2) is 0 Å². The molecule has 1 fully saturated rings. The lowest BCUT2D eigenvalue weighted by Crippen LogP contribution is -2.02. The van der Waals surface area contributed by atoms with Gasteiger partial charge in [0.15, 0.2) is 0 Å². The van der Waals surface area contributed by atoms with E-state index < -0.39 is 0 Å². The average molecular weight is 138 g/mol. The highest BCUT2D eigenvalue weighted by molar-refractivity contribution is 4.77. The van der Waals surface area contributed by atoms with Gasteiger partial charge in [0.1, 0.15) is 0 Å². The molecule has 2 unspecified atom stereocenters. The molecule has 0 heteroatoms. The van der Waals surface area contributed by atoms with Crippen LogP contribution in [0.25, 0.3) is 0 Å². The van der Waals surface area contributed by atoms with E-state index in [9.17, 15) is 0 Å². The van der Waals surface area contributed by atoms with Gasteiger partial charge in [-0.1, -0.05) is 32.3 Å². The normalized spacial score (nSPS) is 32.5. The maximum absolute atomic E-state index is 3.75. The molecule has 10 heavy (non-hydrogen) atoms. The van der Waals surface area contributed by atoms with Crippen LogP contribution in [0.1, 0.15) is 39.0 Å². The van der Waals surface area contributed by atoms with Crippen LogP contribution < -0.4 is 0 Å². The molecule has 1 saturated carbocycles. The first-order chi connectivity index (χ1) is 4.84. The van der Waals surface area contributed by atoms with Gasteiger partial charge in [0.2, 0.25) is 0 Å².